The zero-order chi connectivity index (χ0) is 21.7. The van der Waals surface area contributed by atoms with Crippen molar-refractivity contribution in [2.45, 2.75) is 33.7 Å². The van der Waals surface area contributed by atoms with E-state index < -0.39 is 5.95 Å². The number of anilines is 1. The molecule has 0 amide bonds. The van der Waals surface area contributed by atoms with Crippen LogP contribution in [0.3, 0.4) is 0 Å². The number of hydrogen-bond donors (Lipinski definition) is 0. The highest BCUT2D eigenvalue weighted by Gasteiger charge is 2.23. The van der Waals surface area contributed by atoms with E-state index in [9.17, 15) is 9.18 Å². The van der Waals surface area contributed by atoms with Crippen LogP contribution in [0.4, 0.5) is 10.2 Å². The Morgan fingerprint density at radius 1 is 1.00 bits per heavy atom. The first-order valence-corrected chi connectivity index (χ1v) is 10.1. The summed E-state index contributed by atoms with van der Waals surface area (Å²) < 4.78 is 14.6. The van der Waals surface area contributed by atoms with Crippen LogP contribution in [0.15, 0.2) is 41.5 Å². The molecule has 0 unspecified atom stereocenters. The second-order valence-corrected chi connectivity index (χ2v) is 7.92. The Morgan fingerprint density at radius 2 is 1.81 bits per heavy atom. The van der Waals surface area contributed by atoms with Crippen molar-refractivity contribution < 1.29 is 4.39 Å². The molecule has 5 rings (SSSR count). The van der Waals surface area contributed by atoms with Crippen LogP contribution in [0.1, 0.15) is 28.1 Å². The maximum absolute atomic E-state index is 13.2. The van der Waals surface area contributed by atoms with Crippen molar-refractivity contribution in [2.75, 3.05) is 11.4 Å². The molecule has 0 atom stereocenters. The number of aromatic nitrogens is 5. The number of hydrogen-bond acceptors (Lipinski definition) is 6. The lowest BCUT2D eigenvalue weighted by atomic mass is 10.0. The molecular weight excluding hydrogens is 395 g/mol. The monoisotopic (exact) mass is 416 g/mol. The second-order valence-electron chi connectivity index (χ2n) is 7.92. The van der Waals surface area contributed by atoms with Crippen LogP contribution in [0, 0.1) is 26.7 Å². The number of nitrogens with zero attached hydrogens (tertiary/aromatic N) is 6. The summed E-state index contributed by atoms with van der Waals surface area (Å²) >= 11 is 0. The Bertz CT molecular complexity index is 1380. The van der Waals surface area contributed by atoms with Crippen molar-refractivity contribution in [1.29, 1.82) is 0 Å². The van der Waals surface area contributed by atoms with Crippen molar-refractivity contribution in [3.8, 4) is 11.1 Å². The molecule has 5 heterocycles. The summed E-state index contributed by atoms with van der Waals surface area (Å²) in [5.41, 5.74) is 6.88. The maximum atomic E-state index is 13.2. The Kier molecular flexibility index (Phi) is 4.50. The van der Waals surface area contributed by atoms with Gasteiger partial charge in [-0.25, -0.2) is 9.97 Å². The summed E-state index contributed by atoms with van der Waals surface area (Å²) in [5.74, 6) is 0.270. The SMILES string of the molecule is Cc1cc(=O)n2nc(N3CCc4ncc(-c5ccc(F)nc5)cc4C3)c(C)c(C)c2n1. The molecule has 0 N–H and O–H groups in total. The molecule has 0 aliphatic carbocycles. The zero-order valence-electron chi connectivity index (χ0n) is 17.6. The highest BCUT2D eigenvalue weighted by atomic mass is 19.1. The van der Waals surface area contributed by atoms with Crippen LogP contribution in [0.5, 0.6) is 0 Å². The van der Waals surface area contributed by atoms with E-state index in [2.05, 4.69) is 31.0 Å². The summed E-state index contributed by atoms with van der Waals surface area (Å²) in [6, 6.07) is 6.62. The van der Waals surface area contributed by atoms with Crippen molar-refractivity contribution in [3.63, 3.8) is 0 Å². The predicted molar refractivity (Wildman–Crippen MR) is 116 cm³/mol. The number of halogens is 1. The Balaban J connectivity index is 1.55. The lowest BCUT2D eigenvalue weighted by molar-refractivity contribution is 0.584. The molecule has 4 aromatic heterocycles. The van der Waals surface area contributed by atoms with Gasteiger partial charge in [-0.3, -0.25) is 9.78 Å². The minimum atomic E-state index is -0.506. The van der Waals surface area contributed by atoms with Gasteiger partial charge in [0.15, 0.2) is 11.5 Å². The van der Waals surface area contributed by atoms with Gasteiger partial charge in [0, 0.05) is 71.6 Å². The maximum Gasteiger partial charge on any atom is 0.274 e. The molecule has 0 aromatic carbocycles. The van der Waals surface area contributed by atoms with Crippen LogP contribution in [0.2, 0.25) is 0 Å². The summed E-state index contributed by atoms with van der Waals surface area (Å²) in [6.07, 6.45) is 4.09. The molecule has 0 fully saturated rings. The third-order valence-corrected chi connectivity index (χ3v) is 5.85. The molecule has 8 heteroatoms. The van der Waals surface area contributed by atoms with Crippen LogP contribution in [-0.4, -0.2) is 31.1 Å². The first-order chi connectivity index (χ1) is 14.9. The van der Waals surface area contributed by atoms with Gasteiger partial charge >= 0.3 is 0 Å². The quantitative estimate of drug-likeness (QED) is 0.467. The van der Waals surface area contributed by atoms with Gasteiger partial charge in [0.1, 0.15) is 0 Å². The average molecular weight is 416 g/mol. The lowest BCUT2D eigenvalue weighted by Gasteiger charge is -2.31. The topological polar surface area (TPSA) is 76.3 Å². The van der Waals surface area contributed by atoms with Crippen LogP contribution in [0.25, 0.3) is 16.8 Å². The molecule has 0 saturated heterocycles. The average Bonchev–Trinajstić information content (AvgIpc) is 2.76. The van der Waals surface area contributed by atoms with Crippen LogP contribution in [-0.2, 0) is 13.0 Å². The fourth-order valence-corrected chi connectivity index (χ4v) is 4.05. The summed E-state index contributed by atoms with van der Waals surface area (Å²) in [5, 5.41) is 4.66. The molecule has 0 bridgehead atoms. The van der Waals surface area contributed by atoms with Crippen molar-refractivity contribution in [1.82, 2.24) is 24.6 Å². The van der Waals surface area contributed by atoms with Gasteiger partial charge in [-0.15, -0.1) is 5.10 Å². The first kappa shape index (κ1) is 19.3. The molecule has 156 valence electrons. The minimum Gasteiger partial charge on any atom is -0.350 e. The summed E-state index contributed by atoms with van der Waals surface area (Å²) in [6.45, 7) is 7.18. The van der Waals surface area contributed by atoms with Gasteiger partial charge in [0.25, 0.3) is 5.56 Å². The summed E-state index contributed by atoms with van der Waals surface area (Å²) in [7, 11) is 0. The Labute approximate surface area is 178 Å². The molecule has 0 saturated carbocycles. The molecule has 1 aliphatic rings. The number of rotatable bonds is 2. The third-order valence-electron chi connectivity index (χ3n) is 5.85. The van der Waals surface area contributed by atoms with Crippen molar-refractivity contribution >= 4 is 11.5 Å². The number of pyridine rings is 2. The first-order valence-electron chi connectivity index (χ1n) is 10.1. The van der Waals surface area contributed by atoms with Gasteiger partial charge in [0.2, 0.25) is 5.95 Å². The number of aryl methyl sites for hydroxylation is 2. The molecule has 0 spiro atoms. The van der Waals surface area contributed by atoms with Crippen molar-refractivity contribution in [2.24, 2.45) is 0 Å². The van der Waals surface area contributed by atoms with Crippen LogP contribution >= 0.6 is 0 Å². The molecule has 4 aromatic rings. The molecule has 7 nitrogen and oxygen atoms in total. The Morgan fingerprint density at radius 3 is 2.58 bits per heavy atom. The third kappa shape index (κ3) is 3.34. The number of fused-ring (bicyclic) bond motifs is 2. The minimum absolute atomic E-state index is 0.183. The van der Waals surface area contributed by atoms with Crippen LogP contribution < -0.4 is 10.5 Å². The zero-order valence-corrected chi connectivity index (χ0v) is 17.6. The fourth-order valence-electron chi connectivity index (χ4n) is 4.05. The highest BCUT2D eigenvalue weighted by Crippen LogP contribution is 2.29. The Hall–Kier alpha value is -3.68. The largest absolute Gasteiger partial charge is 0.350 e. The van der Waals surface area contributed by atoms with Gasteiger partial charge in [-0.1, -0.05) is 0 Å². The van der Waals surface area contributed by atoms with Crippen molar-refractivity contribution in [3.05, 3.63) is 81.0 Å². The van der Waals surface area contributed by atoms with Gasteiger partial charge < -0.3 is 4.90 Å². The highest BCUT2D eigenvalue weighted by molar-refractivity contribution is 5.64. The predicted octanol–water partition coefficient (Wildman–Crippen LogP) is 3.17. The standard InChI is InChI=1S/C23H21FN6O/c1-13-8-21(31)30-22(27-13)14(2)15(3)23(28-30)29-7-6-19-18(12-29)9-17(11-25-19)16-4-5-20(24)26-10-16/h4-5,8-11H,6-7,12H2,1-3H3. The van der Waals surface area contributed by atoms with Gasteiger partial charge in [0.05, 0.1) is 0 Å². The van der Waals surface area contributed by atoms with E-state index in [0.29, 0.717) is 17.9 Å². The molecule has 31 heavy (non-hydrogen) atoms. The smallest absolute Gasteiger partial charge is 0.274 e. The molecule has 0 radical (unpaired) electrons. The molecular formula is C23H21FN6O. The fraction of sp³-hybridized carbons (Fsp3) is 0.261. The van der Waals surface area contributed by atoms with E-state index in [4.69, 9.17) is 0 Å². The lowest BCUT2D eigenvalue weighted by Crippen LogP contribution is -2.34. The van der Waals surface area contributed by atoms with Gasteiger partial charge in [-0.2, -0.15) is 8.91 Å². The van der Waals surface area contributed by atoms with E-state index in [0.717, 1.165) is 52.3 Å². The van der Waals surface area contributed by atoms with E-state index in [1.165, 1.54) is 22.8 Å². The van der Waals surface area contributed by atoms with E-state index in [1.807, 2.05) is 20.8 Å². The summed E-state index contributed by atoms with van der Waals surface area (Å²) in [4.78, 5) is 27.6. The second kappa shape index (κ2) is 7.23. The van der Waals surface area contributed by atoms with Gasteiger partial charge in [-0.05, 0) is 44.5 Å². The van der Waals surface area contributed by atoms with E-state index >= 15 is 0 Å². The molecule has 1 aliphatic heterocycles. The van der Waals surface area contributed by atoms with E-state index in [-0.39, 0.29) is 5.56 Å². The van der Waals surface area contributed by atoms with E-state index in [1.54, 1.807) is 12.3 Å². The normalized spacial score (nSPS) is 13.5.